The second kappa shape index (κ2) is 6.36. The number of anilines is 2. The molecule has 4 N–H and O–H groups in total. The van der Waals surface area contributed by atoms with E-state index in [9.17, 15) is 14.0 Å². The van der Waals surface area contributed by atoms with Crippen molar-refractivity contribution < 1.29 is 14.0 Å². The van der Waals surface area contributed by atoms with Crippen LogP contribution in [-0.2, 0) is 0 Å². The summed E-state index contributed by atoms with van der Waals surface area (Å²) >= 11 is 3.12. The number of carbonyl (C=O) groups excluding carboxylic acids is 2. The van der Waals surface area contributed by atoms with E-state index in [1.54, 1.807) is 18.2 Å². The maximum absolute atomic E-state index is 13.3. The quantitative estimate of drug-likeness (QED) is 0.792. The standard InChI is InChI=1S/C14H11BrFN3O2/c15-9-4-8(5-10(16)6-9)13(20)18-11-2-1-3-12(7-11)19-14(17)21/h1-7H,(H,18,20)(H3,17,19,21). The molecule has 7 heteroatoms. The van der Waals surface area contributed by atoms with Gasteiger partial charge in [-0.2, -0.15) is 0 Å². The normalized spacial score (nSPS) is 10.0. The third-order valence-electron chi connectivity index (χ3n) is 2.51. The van der Waals surface area contributed by atoms with Crippen molar-refractivity contribution in [1.29, 1.82) is 0 Å². The number of hydrogen-bond acceptors (Lipinski definition) is 2. The number of rotatable bonds is 3. The van der Waals surface area contributed by atoms with Gasteiger partial charge < -0.3 is 16.4 Å². The van der Waals surface area contributed by atoms with Crippen LogP contribution in [0.3, 0.4) is 0 Å². The second-order valence-corrected chi connectivity index (χ2v) is 5.10. The number of amides is 3. The molecule has 108 valence electrons. The van der Waals surface area contributed by atoms with Gasteiger partial charge in [0.1, 0.15) is 5.82 Å². The Morgan fingerprint density at radius 3 is 2.33 bits per heavy atom. The maximum atomic E-state index is 13.3. The van der Waals surface area contributed by atoms with Crippen LogP contribution in [0.15, 0.2) is 46.9 Å². The summed E-state index contributed by atoms with van der Waals surface area (Å²) in [6.45, 7) is 0. The van der Waals surface area contributed by atoms with E-state index < -0.39 is 17.8 Å². The van der Waals surface area contributed by atoms with E-state index in [2.05, 4.69) is 26.6 Å². The topological polar surface area (TPSA) is 84.2 Å². The third kappa shape index (κ3) is 4.28. The molecule has 0 aliphatic rings. The fourth-order valence-electron chi connectivity index (χ4n) is 1.71. The van der Waals surface area contributed by atoms with Crippen molar-refractivity contribution in [3.63, 3.8) is 0 Å². The smallest absolute Gasteiger partial charge is 0.316 e. The molecule has 0 aliphatic heterocycles. The zero-order valence-corrected chi connectivity index (χ0v) is 12.3. The lowest BCUT2D eigenvalue weighted by Gasteiger charge is -2.08. The fourth-order valence-corrected chi connectivity index (χ4v) is 2.17. The molecule has 0 saturated heterocycles. The Balaban J connectivity index is 2.17. The Hall–Kier alpha value is -2.41. The Morgan fingerprint density at radius 2 is 1.71 bits per heavy atom. The van der Waals surface area contributed by atoms with E-state index in [1.807, 2.05) is 0 Å². The van der Waals surface area contributed by atoms with Crippen molar-refractivity contribution in [2.24, 2.45) is 5.73 Å². The summed E-state index contributed by atoms with van der Waals surface area (Å²) in [5, 5.41) is 5.00. The largest absolute Gasteiger partial charge is 0.351 e. The van der Waals surface area contributed by atoms with Crippen LogP contribution in [0.1, 0.15) is 10.4 Å². The van der Waals surface area contributed by atoms with Crippen molar-refractivity contribution in [2.45, 2.75) is 0 Å². The first-order valence-corrected chi connectivity index (χ1v) is 6.67. The summed E-state index contributed by atoms with van der Waals surface area (Å²) in [6, 6.07) is 9.63. The van der Waals surface area contributed by atoms with Crippen molar-refractivity contribution in [1.82, 2.24) is 0 Å². The molecule has 0 heterocycles. The fraction of sp³-hybridized carbons (Fsp3) is 0. The Labute approximate surface area is 128 Å². The average Bonchev–Trinajstić information content (AvgIpc) is 2.37. The number of nitrogens with two attached hydrogens (primary N) is 1. The lowest BCUT2D eigenvalue weighted by Crippen LogP contribution is -2.19. The summed E-state index contributed by atoms with van der Waals surface area (Å²) in [4.78, 5) is 22.8. The highest BCUT2D eigenvalue weighted by molar-refractivity contribution is 9.10. The van der Waals surface area contributed by atoms with Crippen LogP contribution in [-0.4, -0.2) is 11.9 Å². The van der Waals surface area contributed by atoms with Crippen molar-refractivity contribution in [2.75, 3.05) is 10.6 Å². The molecule has 2 aromatic rings. The van der Waals surface area contributed by atoms with Gasteiger partial charge in [0.15, 0.2) is 0 Å². The highest BCUT2D eigenvalue weighted by atomic mass is 79.9. The monoisotopic (exact) mass is 351 g/mol. The zero-order valence-electron chi connectivity index (χ0n) is 10.7. The summed E-state index contributed by atoms with van der Waals surface area (Å²) < 4.78 is 13.7. The second-order valence-electron chi connectivity index (χ2n) is 4.18. The number of urea groups is 1. The van der Waals surface area contributed by atoms with Gasteiger partial charge in [0.2, 0.25) is 0 Å². The van der Waals surface area contributed by atoms with Crippen LogP contribution in [0, 0.1) is 5.82 Å². The Kier molecular flexibility index (Phi) is 4.54. The molecule has 0 unspecified atom stereocenters. The molecule has 0 radical (unpaired) electrons. The summed E-state index contributed by atoms with van der Waals surface area (Å²) in [5.41, 5.74) is 6.09. The zero-order chi connectivity index (χ0) is 15.4. The minimum atomic E-state index is -0.701. The van der Waals surface area contributed by atoms with Crippen LogP contribution in [0.5, 0.6) is 0 Å². The highest BCUT2D eigenvalue weighted by Gasteiger charge is 2.09. The van der Waals surface area contributed by atoms with Gasteiger partial charge in [0.05, 0.1) is 0 Å². The predicted molar refractivity (Wildman–Crippen MR) is 81.7 cm³/mol. The summed E-state index contributed by atoms with van der Waals surface area (Å²) in [6.07, 6.45) is 0. The van der Waals surface area contributed by atoms with Crippen molar-refractivity contribution in [3.8, 4) is 0 Å². The van der Waals surface area contributed by atoms with E-state index in [0.29, 0.717) is 15.8 Å². The number of carbonyl (C=O) groups is 2. The first-order chi connectivity index (χ1) is 9.94. The van der Waals surface area contributed by atoms with Gasteiger partial charge in [-0.25, -0.2) is 9.18 Å². The average molecular weight is 352 g/mol. The van der Waals surface area contributed by atoms with E-state index >= 15 is 0 Å². The molecule has 21 heavy (non-hydrogen) atoms. The van der Waals surface area contributed by atoms with Crippen molar-refractivity contribution >= 4 is 39.2 Å². The lowest BCUT2D eigenvalue weighted by atomic mass is 10.2. The SMILES string of the molecule is NC(=O)Nc1cccc(NC(=O)c2cc(F)cc(Br)c2)c1. The molecule has 2 aromatic carbocycles. The van der Waals surface area contributed by atoms with E-state index in [-0.39, 0.29) is 5.56 Å². The predicted octanol–water partition coefficient (Wildman–Crippen LogP) is 3.33. The molecule has 2 rings (SSSR count). The molecular weight excluding hydrogens is 341 g/mol. The maximum Gasteiger partial charge on any atom is 0.316 e. The van der Waals surface area contributed by atoms with Gasteiger partial charge in [-0.1, -0.05) is 22.0 Å². The highest BCUT2D eigenvalue weighted by Crippen LogP contribution is 2.18. The van der Waals surface area contributed by atoms with E-state index in [4.69, 9.17) is 5.73 Å². The molecule has 0 aliphatic carbocycles. The molecule has 0 bridgehead atoms. The number of hydrogen-bond donors (Lipinski definition) is 3. The molecule has 0 aromatic heterocycles. The molecular formula is C14H11BrFN3O2. The minimum absolute atomic E-state index is 0.176. The van der Waals surface area contributed by atoms with Gasteiger partial charge in [0, 0.05) is 21.4 Å². The third-order valence-corrected chi connectivity index (χ3v) is 2.97. The van der Waals surface area contributed by atoms with Gasteiger partial charge in [-0.15, -0.1) is 0 Å². The van der Waals surface area contributed by atoms with Crippen LogP contribution in [0.4, 0.5) is 20.6 Å². The Morgan fingerprint density at radius 1 is 1.05 bits per heavy atom. The molecule has 0 atom stereocenters. The molecule has 0 saturated carbocycles. The number of benzene rings is 2. The molecule has 5 nitrogen and oxygen atoms in total. The van der Waals surface area contributed by atoms with Crippen LogP contribution < -0.4 is 16.4 Å². The van der Waals surface area contributed by atoms with E-state index in [0.717, 1.165) is 6.07 Å². The van der Waals surface area contributed by atoms with Gasteiger partial charge in [-0.05, 0) is 36.4 Å². The Bertz CT molecular complexity index is 686. The summed E-state index contributed by atoms with van der Waals surface area (Å²) in [7, 11) is 0. The van der Waals surface area contributed by atoms with E-state index in [1.165, 1.54) is 18.2 Å². The van der Waals surface area contributed by atoms with Gasteiger partial charge in [0.25, 0.3) is 5.91 Å². The van der Waals surface area contributed by atoms with Crippen LogP contribution in [0.2, 0.25) is 0 Å². The minimum Gasteiger partial charge on any atom is -0.351 e. The lowest BCUT2D eigenvalue weighted by molar-refractivity contribution is 0.102. The first-order valence-electron chi connectivity index (χ1n) is 5.88. The van der Waals surface area contributed by atoms with Gasteiger partial charge in [-0.3, -0.25) is 4.79 Å². The number of primary amides is 1. The number of nitrogens with one attached hydrogen (secondary N) is 2. The first kappa shape index (κ1) is 15.0. The van der Waals surface area contributed by atoms with Crippen LogP contribution >= 0.6 is 15.9 Å². The molecule has 3 amide bonds. The molecule has 0 fully saturated rings. The molecule has 0 spiro atoms. The summed E-state index contributed by atoms with van der Waals surface area (Å²) in [5.74, 6) is -0.981. The van der Waals surface area contributed by atoms with Crippen molar-refractivity contribution in [3.05, 3.63) is 58.3 Å². The van der Waals surface area contributed by atoms with Gasteiger partial charge >= 0.3 is 6.03 Å². The van der Waals surface area contributed by atoms with Crippen LogP contribution in [0.25, 0.3) is 0 Å². The number of halogens is 2.